The number of hydrogen-bond acceptors (Lipinski definition) is 8. The van der Waals surface area contributed by atoms with Crippen LogP contribution in [0.2, 0.25) is 0 Å². The number of benzene rings is 2. The Labute approximate surface area is 286 Å². The van der Waals surface area contributed by atoms with Gasteiger partial charge in [0.1, 0.15) is 11.9 Å². The number of fused-ring (bicyclic) bond motifs is 1. The van der Waals surface area contributed by atoms with E-state index < -0.39 is 35.9 Å². The van der Waals surface area contributed by atoms with Crippen molar-refractivity contribution in [2.24, 2.45) is 11.8 Å². The monoisotopic (exact) mass is 669 g/mol. The van der Waals surface area contributed by atoms with E-state index in [0.717, 1.165) is 42.0 Å². The standard InChI is InChI=1S/C37H47N7O5/c45-33(44-15-17-49-18-16-44)21-28(20-27-11-6-10-26-9-4-5-12-30(26)27)36(47)43-37(48)32(22-29-23-38-24-41-29)42-31(19-25-7-2-1-3-8-25)34(46)35-39-13-14-40-35/h4-6,9-14,23-25,28,31-32,34,42,46H,1-3,7-8,15-22H2,(H,38,41)(H,39,40)(H,43,47,48)/t28?,31-,32-,34+/m0/s1. The van der Waals surface area contributed by atoms with Crippen LogP contribution in [0.4, 0.5) is 0 Å². The first-order valence-corrected chi connectivity index (χ1v) is 17.5. The van der Waals surface area contributed by atoms with Gasteiger partial charge in [0, 0.05) is 56.3 Å². The lowest BCUT2D eigenvalue weighted by atomic mass is 9.83. The lowest BCUT2D eigenvalue weighted by Crippen LogP contribution is -2.54. The number of imide groups is 1. The number of nitrogens with zero attached hydrogens (tertiary/aromatic N) is 3. The number of imidazole rings is 2. The molecule has 0 spiro atoms. The second-order valence-electron chi connectivity index (χ2n) is 13.4. The third kappa shape index (κ3) is 9.20. The molecule has 5 N–H and O–H groups in total. The van der Waals surface area contributed by atoms with Crippen LogP contribution in [0.25, 0.3) is 10.8 Å². The molecule has 1 aliphatic heterocycles. The van der Waals surface area contributed by atoms with Gasteiger partial charge in [-0.3, -0.25) is 25.0 Å². The van der Waals surface area contributed by atoms with E-state index >= 15 is 0 Å². The van der Waals surface area contributed by atoms with Crippen molar-refractivity contribution >= 4 is 28.5 Å². The van der Waals surface area contributed by atoms with Gasteiger partial charge in [-0.2, -0.15) is 0 Å². The fourth-order valence-corrected chi connectivity index (χ4v) is 7.26. The van der Waals surface area contributed by atoms with Gasteiger partial charge in [-0.15, -0.1) is 0 Å². The number of aliphatic hydroxyl groups is 1. The summed E-state index contributed by atoms with van der Waals surface area (Å²) in [5.74, 6) is -1.15. The Balaban J connectivity index is 1.23. The summed E-state index contributed by atoms with van der Waals surface area (Å²) in [6.45, 7) is 1.85. The van der Waals surface area contributed by atoms with E-state index in [1.165, 1.54) is 6.42 Å². The quantitative estimate of drug-likeness (QED) is 0.136. The number of amides is 3. The Morgan fingerprint density at radius 2 is 1.78 bits per heavy atom. The summed E-state index contributed by atoms with van der Waals surface area (Å²) in [5, 5.41) is 19.6. The number of nitrogens with one attached hydrogen (secondary N) is 4. The number of rotatable bonds is 14. The molecule has 3 amide bonds. The van der Waals surface area contributed by atoms with Crippen LogP contribution in [0.15, 0.2) is 67.4 Å². The number of hydrogen-bond donors (Lipinski definition) is 5. The number of ether oxygens (including phenoxy) is 1. The predicted molar refractivity (Wildman–Crippen MR) is 184 cm³/mol. The molecular weight excluding hydrogens is 622 g/mol. The van der Waals surface area contributed by atoms with Gasteiger partial charge in [0.15, 0.2) is 0 Å². The summed E-state index contributed by atoms with van der Waals surface area (Å²) in [6, 6.07) is 12.5. The molecule has 2 aromatic heterocycles. The fourth-order valence-electron chi connectivity index (χ4n) is 7.26. The lowest BCUT2D eigenvalue weighted by molar-refractivity contribution is -0.141. The topological polar surface area (TPSA) is 165 Å². The molecule has 4 atom stereocenters. The molecule has 12 nitrogen and oxygen atoms in total. The van der Waals surface area contributed by atoms with Crippen molar-refractivity contribution in [3.8, 4) is 0 Å². The lowest BCUT2D eigenvalue weighted by Gasteiger charge is -2.32. The molecule has 49 heavy (non-hydrogen) atoms. The van der Waals surface area contributed by atoms with Crippen molar-refractivity contribution in [2.45, 2.75) is 76.0 Å². The second kappa shape index (κ2) is 16.8. The molecule has 1 unspecified atom stereocenters. The van der Waals surface area contributed by atoms with Crippen LogP contribution in [0.1, 0.15) is 68.1 Å². The van der Waals surface area contributed by atoms with E-state index in [4.69, 9.17) is 4.74 Å². The zero-order valence-corrected chi connectivity index (χ0v) is 27.9. The molecule has 260 valence electrons. The fraction of sp³-hybridized carbons (Fsp3) is 0.486. The average Bonchev–Trinajstić information content (AvgIpc) is 3.87. The molecule has 12 heteroatoms. The molecule has 6 rings (SSSR count). The van der Waals surface area contributed by atoms with Crippen LogP contribution < -0.4 is 10.6 Å². The molecule has 2 fully saturated rings. The Bertz CT molecular complexity index is 1640. The molecule has 0 radical (unpaired) electrons. The Kier molecular flexibility index (Phi) is 11.8. The van der Waals surface area contributed by atoms with Gasteiger partial charge in [-0.05, 0) is 35.1 Å². The normalized spacial score (nSPS) is 18.1. The molecule has 1 saturated heterocycles. The maximum absolute atomic E-state index is 14.1. The van der Waals surface area contributed by atoms with Gasteiger partial charge in [-0.25, -0.2) is 9.97 Å². The molecule has 2 aliphatic rings. The summed E-state index contributed by atoms with van der Waals surface area (Å²) in [4.78, 5) is 57.9. The molecule has 0 bridgehead atoms. The summed E-state index contributed by atoms with van der Waals surface area (Å²) >= 11 is 0. The third-order valence-corrected chi connectivity index (χ3v) is 9.95. The number of carbonyl (C=O) groups excluding carboxylic acids is 3. The summed E-state index contributed by atoms with van der Waals surface area (Å²) in [5.41, 5.74) is 1.64. The molecule has 3 heterocycles. The Morgan fingerprint density at radius 3 is 2.53 bits per heavy atom. The van der Waals surface area contributed by atoms with Crippen LogP contribution in [0.5, 0.6) is 0 Å². The first-order chi connectivity index (χ1) is 23.9. The van der Waals surface area contributed by atoms with Gasteiger partial charge < -0.3 is 24.7 Å². The highest BCUT2D eigenvalue weighted by Crippen LogP contribution is 2.31. The third-order valence-electron chi connectivity index (χ3n) is 9.95. The molecule has 1 aliphatic carbocycles. The number of carbonyl (C=O) groups is 3. The van der Waals surface area contributed by atoms with Crippen molar-refractivity contribution in [2.75, 3.05) is 26.3 Å². The van der Waals surface area contributed by atoms with E-state index in [-0.39, 0.29) is 25.2 Å². The smallest absolute Gasteiger partial charge is 0.244 e. The molecule has 4 aromatic rings. The van der Waals surface area contributed by atoms with Crippen molar-refractivity contribution in [3.63, 3.8) is 0 Å². The van der Waals surface area contributed by atoms with Crippen LogP contribution in [-0.2, 0) is 32.0 Å². The van der Waals surface area contributed by atoms with E-state index in [1.807, 2.05) is 42.5 Å². The van der Waals surface area contributed by atoms with Gasteiger partial charge >= 0.3 is 0 Å². The van der Waals surface area contributed by atoms with Crippen molar-refractivity contribution in [3.05, 3.63) is 84.5 Å². The highest BCUT2D eigenvalue weighted by molar-refractivity contribution is 6.00. The number of H-pyrrole nitrogens is 2. The number of aromatic nitrogens is 4. The first-order valence-electron chi connectivity index (χ1n) is 17.5. The van der Waals surface area contributed by atoms with Crippen LogP contribution >= 0.6 is 0 Å². The zero-order chi connectivity index (χ0) is 34.0. The highest BCUT2D eigenvalue weighted by Gasteiger charge is 2.34. The van der Waals surface area contributed by atoms with Gasteiger partial charge in [0.05, 0.1) is 31.5 Å². The highest BCUT2D eigenvalue weighted by atomic mass is 16.5. The van der Waals surface area contributed by atoms with Gasteiger partial charge in [-0.1, -0.05) is 74.6 Å². The minimum atomic E-state index is -0.991. The number of morpholine rings is 1. The van der Waals surface area contributed by atoms with E-state index in [2.05, 4.69) is 30.6 Å². The van der Waals surface area contributed by atoms with Crippen molar-refractivity contribution < 1.29 is 24.2 Å². The van der Waals surface area contributed by atoms with Gasteiger partial charge in [0.25, 0.3) is 0 Å². The summed E-state index contributed by atoms with van der Waals surface area (Å²) in [6.07, 6.45) is 12.2. The van der Waals surface area contributed by atoms with Crippen molar-refractivity contribution in [1.29, 1.82) is 0 Å². The predicted octanol–water partition coefficient (Wildman–Crippen LogP) is 3.61. The number of aliphatic hydroxyl groups excluding tert-OH is 1. The maximum atomic E-state index is 14.1. The number of aromatic amines is 2. The SMILES string of the molecule is O=C(NC(=O)[C@H](Cc1cnc[nH]1)N[C@@H](CC1CCCCC1)[C@@H](O)c1ncc[nH]1)C(CC(=O)N1CCOCC1)Cc1cccc2ccccc12. The second-order valence-corrected chi connectivity index (χ2v) is 13.4. The maximum Gasteiger partial charge on any atom is 0.244 e. The molecule has 1 saturated carbocycles. The van der Waals surface area contributed by atoms with E-state index in [1.54, 1.807) is 29.8 Å². The first kappa shape index (κ1) is 34.5. The minimum absolute atomic E-state index is 0.0392. The summed E-state index contributed by atoms with van der Waals surface area (Å²) in [7, 11) is 0. The average molecular weight is 670 g/mol. The van der Waals surface area contributed by atoms with Crippen LogP contribution in [0.3, 0.4) is 0 Å². The van der Waals surface area contributed by atoms with E-state index in [9.17, 15) is 19.5 Å². The Morgan fingerprint density at radius 1 is 0.980 bits per heavy atom. The summed E-state index contributed by atoms with van der Waals surface area (Å²) < 4.78 is 5.43. The van der Waals surface area contributed by atoms with Crippen LogP contribution in [0, 0.1) is 11.8 Å². The zero-order valence-electron chi connectivity index (χ0n) is 27.9. The van der Waals surface area contributed by atoms with E-state index in [0.29, 0.717) is 50.2 Å². The minimum Gasteiger partial charge on any atom is -0.384 e. The molecule has 2 aromatic carbocycles. The Hall–Kier alpha value is -4.39. The van der Waals surface area contributed by atoms with Gasteiger partial charge in [0.2, 0.25) is 17.7 Å². The largest absolute Gasteiger partial charge is 0.384 e. The van der Waals surface area contributed by atoms with Crippen LogP contribution in [-0.4, -0.2) is 86.1 Å². The van der Waals surface area contributed by atoms with Crippen molar-refractivity contribution in [1.82, 2.24) is 35.5 Å². The molecular formula is C37H47N7O5.